The van der Waals surface area contributed by atoms with Crippen molar-refractivity contribution in [3.8, 4) is 5.75 Å². The van der Waals surface area contributed by atoms with Gasteiger partial charge in [0.2, 0.25) is 5.70 Å². The van der Waals surface area contributed by atoms with Crippen LogP contribution < -0.4 is 9.64 Å². The first-order chi connectivity index (χ1) is 15.9. The van der Waals surface area contributed by atoms with Crippen LogP contribution in [0.5, 0.6) is 5.75 Å². The molecule has 0 atom stereocenters. The molecule has 0 heterocycles. The van der Waals surface area contributed by atoms with Crippen molar-refractivity contribution in [2.45, 2.75) is 61.8 Å². The van der Waals surface area contributed by atoms with Crippen molar-refractivity contribution in [2.24, 2.45) is 0 Å². The highest BCUT2D eigenvalue weighted by Crippen LogP contribution is 2.45. The summed E-state index contributed by atoms with van der Waals surface area (Å²) >= 11 is 0. The molecule has 1 aliphatic rings. The minimum Gasteiger partial charge on any atom is -0.496 e. The summed E-state index contributed by atoms with van der Waals surface area (Å²) in [7, 11) is 5.84. The lowest BCUT2D eigenvalue weighted by Gasteiger charge is -2.25. The second-order valence-corrected chi connectivity index (χ2v) is 9.67. The number of carbonyl (C=O) groups excluding carboxylic acids is 1. The van der Waals surface area contributed by atoms with Gasteiger partial charge in [-0.1, -0.05) is 6.08 Å². The normalized spacial score (nSPS) is 14.8. The van der Waals surface area contributed by atoms with E-state index in [9.17, 15) is 4.79 Å². The Kier molecular flexibility index (Phi) is 6.80. The first-order valence-electron chi connectivity index (χ1n) is 11.7. The number of nitrogens with zero attached hydrogens (tertiary/aromatic N) is 2. The van der Waals surface area contributed by atoms with Crippen molar-refractivity contribution >= 4 is 23.1 Å². The molecular formula is C30H36N2O2. The van der Waals surface area contributed by atoms with Gasteiger partial charge in [0, 0.05) is 26.2 Å². The number of benzene rings is 2. The Morgan fingerprint density at radius 3 is 1.74 bits per heavy atom. The Morgan fingerprint density at radius 1 is 0.824 bits per heavy atom. The molecule has 1 aliphatic carbocycles. The van der Waals surface area contributed by atoms with E-state index in [1.165, 1.54) is 27.9 Å². The number of rotatable bonds is 4. The summed E-state index contributed by atoms with van der Waals surface area (Å²) in [6.07, 6.45) is 2.41. The van der Waals surface area contributed by atoms with Crippen LogP contribution in [0.2, 0.25) is 0 Å². The molecule has 2 aromatic carbocycles. The van der Waals surface area contributed by atoms with E-state index < -0.39 is 0 Å². The van der Waals surface area contributed by atoms with E-state index in [1.54, 1.807) is 7.11 Å². The summed E-state index contributed by atoms with van der Waals surface area (Å²) in [5, 5.41) is 0. The SMILES string of the molecule is [C-]#[N+]C1=C(c2c(C)c(C)c(OC)c(C)c2C)/C(=C/c2c(C)c(C)c(N(C)C)c(C)c2C)CC1=O. The maximum atomic E-state index is 13.0. The molecule has 34 heavy (non-hydrogen) atoms. The number of allylic oxidation sites excluding steroid dienone is 3. The van der Waals surface area contributed by atoms with E-state index in [-0.39, 0.29) is 17.9 Å². The van der Waals surface area contributed by atoms with Crippen LogP contribution in [0.3, 0.4) is 0 Å². The third-order valence-corrected chi connectivity index (χ3v) is 7.70. The van der Waals surface area contributed by atoms with Crippen molar-refractivity contribution in [3.63, 3.8) is 0 Å². The molecule has 0 aliphatic heterocycles. The van der Waals surface area contributed by atoms with E-state index in [2.05, 4.69) is 71.5 Å². The third kappa shape index (κ3) is 3.74. The van der Waals surface area contributed by atoms with Crippen molar-refractivity contribution in [1.82, 2.24) is 0 Å². The maximum absolute atomic E-state index is 13.0. The maximum Gasteiger partial charge on any atom is 0.237 e. The highest BCUT2D eigenvalue weighted by molar-refractivity contribution is 6.17. The van der Waals surface area contributed by atoms with Crippen LogP contribution in [0.4, 0.5) is 5.69 Å². The van der Waals surface area contributed by atoms with Crippen molar-refractivity contribution in [2.75, 3.05) is 26.1 Å². The Labute approximate surface area is 204 Å². The number of Topliss-reactive ketones (excluding diaryl/α,β-unsaturated/α-hetero) is 1. The fourth-order valence-electron chi connectivity index (χ4n) is 5.50. The van der Waals surface area contributed by atoms with Gasteiger partial charge in [-0.15, -0.1) is 0 Å². The minimum atomic E-state index is -0.102. The summed E-state index contributed by atoms with van der Waals surface area (Å²) < 4.78 is 5.68. The Bertz CT molecular complexity index is 1270. The van der Waals surface area contributed by atoms with Crippen LogP contribution in [0.25, 0.3) is 16.5 Å². The molecule has 0 radical (unpaired) electrons. The second-order valence-electron chi connectivity index (χ2n) is 9.67. The molecule has 0 aromatic heterocycles. The molecule has 0 saturated carbocycles. The largest absolute Gasteiger partial charge is 0.496 e. The molecule has 2 aromatic rings. The number of methoxy groups -OCH3 is 1. The average Bonchev–Trinajstić information content (AvgIpc) is 3.09. The fraction of sp³-hybridized carbons (Fsp3) is 0.400. The van der Waals surface area contributed by atoms with Crippen LogP contribution >= 0.6 is 0 Å². The van der Waals surface area contributed by atoms with Gasteiger partial charge in [0.1, 0.15) is 5.75 Å². The van der Waals surface area contributed by atoms with Gasteiger partial charge >= 0.3 is 0 Å². The van der Waals surface area contributed by atoms with Crippen molar-refractivity contribution in [3.05, 3.63) is 78.3 Å². The van der Waals surface area contributed by atoms with Gasteiger partial charge in [-0.3, -0.25) is 0 Å². The molecule has 0 N–H and O–H groups in total. The summed E-state index contributed by atoms with van der Waals surface area (Å²) in [5.41, 5.74) is 14.4. The van der Waals surface area contributed by atoms with Crippen molar-refractivity contribution < 1.29 is 9.53 Å². The number of ether oxygens (including phenoxy) is 1. The van der Waals surface area contributed by atoms with Crippen LogP contribution in [-0.4, -0.2) is 27.0 Å². The van der Waals surface area contributed by atoms with Crippen LogP contribution in [0.1, 0.15) is 62.1 Å². The van der Waals surface area contributed by atoms with Gasteiger partial charge in [0.05, 0.1) is 13.7 Å². The van der Waals surface area contributed by atoms with Crippen molar-refractivity contribution in [1.29, 1.82) is 0 Å². The van der Waals surface area contributed by atoms with E-state index in [1.807, 2.05) is 13.8 Å². The highest BCUT2D eigenvalue weighted by Gasteiger charge is 2.32. The number of anilines is 1. The van der Waals surface area contributed by atoms with Gasteiger partial charge in [0.25, 0.3) is 0 Å². The van der Waals surface area contributed by atoms with Gasteiger partial charge in [-0.2, -0.15) is 0 Å². The smallest absolute Gasteiger partial charge is 0.237 e. The standard InChI is InChI=1S/C30H36N2O2/c1-15-19(5)29(32(10)11)20(6)16(2)24(15)13-23-14-25(33)28(31-9)27(23)26-17(3)21(7)30(34-12)22(8)18(26)4/h13H,14H2,1-8,10-12H3/b23-13+. The Morgan fingerprint density at radius 2 is 1.32 bits per heavy atom. The van der Waals surface area contributed by atoms with Crippen LogP contribution in [0.15, 0.2) is 11.3 Å². The molecule has 4 nitrogen and oxygen atoms in total. The van der Waals surface area contributed by atoms with E-state index in [0.29, 0.717) is 0 Å². The summed E-state index contributed by atoms with van der Waals surface area (Å²) in [4.78, 5) is 18.9. The van der Waals surface area contributed by atoms with E-state index in [0.717, 1.165) is 50.3 Å². The molecule has 0 bridgehead atoms. The molecule has 0 fully saturated rings. The monoisotopic (exact) mass is 456 g/mol. The molecule has 4 heteroatoms. The quantitative estimate of drug-likeness (QED) is 0.469. The zero-order chi connectivity index (χ0) is 25.6. The number of carbonyl (C=O) groups is 1. The summed E-state index contributed by atoms with van der Waals surface area (Å²) in [6.45, 7) is 24.6. The predicted molar refractivity (Wildman–Crippen MR) is 143 cm³/mol. The molecular weight excluding hydrogens is 420 g/mol. The first-order valence-corrected chi connectivity index (χ1v) is 11.7. The first kappa shape index (κ1) is 25.3. The number of hydrogen-bond acceptors (Lipinski definition) is 3. The lowest BCUT2D eigenvalue weighted by atomic mass is 9.84. The number of ketones is 1. The highest BCUT2D eigenvalue weighted by atomic mass is 16.5. The lowest BCUT2D eigenvalue weighted by Crippen LogP contribution is -2.14. The second kappa shape index (κ2) is 9.14. The van der Waals surface area contributed by atoms with Gasteiger partial charge < -0.3 is 14.4 Å². The average molecular weight is 457 g/mol. The summed E-state index contributed by atoms with van der Waals surface area (Å²) in [6, 6.07) is 0. The number of hydrogen-bond donors (Lipinski definition) is 0. The van der Waals surface area contributed by atoms with Crippen LogP contribution in [0, 0.1) is 62.0 Å². The molecule has 0 spiro atoms. The Balaban J connectivity index is 2.39. The topological polar surface area (TPSA) is 33.9 Å². The zero-order valence-corrected chi connectivity index (χ0v) is 22.5. The fourth-order valence-corrected chi connectivity index (χ4v) is 5.50. The van der Waals surface area contributed by atoms with Gasteiger partial charge in [-0.05, 0) is 122 Å². The van der Waals surface area contributed by atoms with Gasteiger partial charge in [0.15, 0.2) is 5.78 Å². The lowest BCUT2D eigenvalue weighted by molar-refractivity contribution is -0.114. The molecule has 178 valence electrons. The third-order valence-electron chi connectivity index (χ3n) is 7.70. The van der Waals surface area contributed by atoms with Crippen LogP contribution in [-0.2, 0) is 4.79 Å². The zero-order valence-electron chi connectivity index (χ0n) is 22.5. The molecule has 0 unspecified atom stereocenters. The minimum absolute atomic E-state index is 0.102. The summed E-state index contributed by atoms with van der Waals surface area (Å²) in [5.74, 6) is 0.769. The van der Waals surface area contributed by atoms with Gasteiger partial charge in [-0.25, -0.2) is 4.85 Å². The Hall–Kier alpha value is -3.32. The molecule has 0 saturated heterocycles. The van der Waals surface area contributed by atoms with E-state index in [4.69, 9.17) is 11.3 Å². The predicted octanol–water partition coefficient (Wildman–Crippen LogP) is 6.92. The van der Waals surface area contributed by atoms with E-state index >= 15 is 0 Å². The molecule has 3 rings (SSSR count). The molecule has 0 amide bonds.